The Balaban J connectivity index is 1.12. The molecule has 0 atom stereocenters. The minimum absolute atomic E-state index is 0.531. The fourth-order valence-electron chi connectivity index (χ4n) is 11.6. The first kappa shape index (κ1) is 46.1. The van der Waals surface area contributed by atoms with Gasteiger partial charge in [-0.2, -0.15) is 5.26 Å². The van der Waals surface area contributed by atoms with E-state index < -0.39 is 0 Å². The quantitative estimate of drug-likeness (QED) is 0.144. The molecule has 6 nitrogen and oxygen atoms in total. The van der Waals surface area contributed by atoms with Crippen molar-refractivity contribution < 1.29 is 0 Å². The van der Waals surface area contributed by atoms with Crippen molar-refractivity contribution in [3.05, 3.63) is 271 Å². The van der Waals surface area contributed by atoms with Crippen LogP contribution in [0.4, 0.5) is 0 Å². The summed E-state index contributed by atoms with van der Waals surface area (Å²) in [4.78, 5) is 16.3. The molecule has 11 aromatic carbocycles. The summed E-state index contributed by atoms with van der Waals surface area (Å²) in [5.41, 5.74) is 20.4. The van der Waals surface area contributed by atoms with Crippen LogP contribution >= 0.6 is 0 Å². The highest BCUT2D eigenvalue weighted by Crippen LogP contribution is 2.46. The first-order valence-electron chi connectivity index (χ1n) is 26.3. The standard InChI is InChI=1S/C72H48N6/c1-46-19-9-11-27-55(46)53-36-39-65-60(43-53)57-29-13-15-32-63(57)77(65)67-38-35-52(51-26-17-21-48(41-51)45-73)42-62(67)59-31-18-34-68(69(59)72-75-70(49-22-5-3-6-23-49)74-71(76-72)50-24-7-4-8-25-50)78-64-33-16-14-30-58(64)61-44-54(37-40-66(61)78)56-28-12-10-20-47(56)2/h3-44H,1-2H3. The van der Waals surface area contributed by atoms with E-state index in [1.165, 1.54) is 27.8 Å². The van der Waals surface area contributed by atoms with Crippen LogP contribution in [0.1, 0.15) is 16.7 Å². The lowest BCUT2D eigenvalue weighted by Gasteiger charge is -2.21. The normalized spacial score (nSPS) is 11.4. The van der Waals surface area contributed by atoms with E-state index in [0.29, 0.717) is 23.0 Å². The van der Waals surface area contributed by atoms with Gasteiger partial charge in [-0.15, -0.1) is 0 Å². The molecule has 6 heteroatoms. The van der Waals surface area contributed by atoms with Gasteiger partial charge < -0.3 is 9.13 Å². The lowest BCUT2D eigenvalue weighted by atomic mass is 9.92. The van der Waals surface area contributed by atoms with Gasteiger partial charge in [0.05, 0.1) is 50.6 Å². The molecule has 0 bridgehead atoms. The minimum Gasteiger partial charge on any atom is -0.309 e. The number of aryl methyl sites for hydroxylation is 2. The minimum atomic E-state index is 0.531. The maximum atomic E-state index is 10.2. The van der Waals surface area contributed by atoms with Crippen molar-refractivity contribution in [1.29, 1.82) is 5.26 Å². The lowest BCUT2D eigenvalue weighted by Crippen LogP contribution is -2.06. The molecule has 0 fully saturated rings. The Morgan fingerprint density at radius 2 is 0.756 bits per heavy atom. The van der Waals surface area contributed by atoms with Crippen LogP contribution in [0.15, 0.2) is 255 Å². The van der Waals surface area contributed by atoms with Gasteiger partial charge in [0.1, 0.15) is 0 Å². The van der Waals surface area contributed by atoms with Gasteiger partial charge >= 0.3 is 0 Å². The number of aromatic nitrogens is 5. The number of fused-ring (bicyclic) bond motifs is 6. The average molecular weight is 997 g/mol. The second-order valence-corrected chi connectivity index (χ2v) is 20.0. The van der Waals surface area contributed by atoms with E-state index in [4.69, 9.17) is 15.0 Å². The number of para-hydroxylation sites is 2. The van der Waals surface area contributed by atoms with Crippen molar-refractivity contribution in [3.63, 3.8) is 0 Å². The fourth-order valence-corrected chi connectivity index (χ4v) is 11.6. The molecule has 78 heavy (non-hydrogen) atoms. The van der Waals surface area contributed by atoms with Gasteiger partial charge in [-0.25, -0.2) is 15.0 Å². The topological polar surface area (TPSA) is 72.3 Å². The average Bonchev–Trinajstić information content (AvgIpc) is 4.01. The number of hydrogen-bond acceptors (Lipinski definition) is 4. The van der Waals surface area contributed by atoms with Gasteiger partial charge in [0.2, 0.25) is 0 Å². The maximum Gasteiger partial charge on any atom is 0.166 e. The number of rotatable bonds is 9. The van der Waals surface area contributed by atoms with Crippen molar-refractivity contribution in [1.82, 2.24) is 24.1 Å². The Hall–Kier alpha value is -10.5. The van der Waals surface area contributed by atoms with Crippen LogP contribution in [0, 0.1) is 25.2 Å². The Labute approximate surface area is 452 Å². The van der Waals surface area contributed by atoms with Crippen molar-refractivity contribution in [2.45, 2.75) is 13.8 Å². The number of nitriles is 1. The predicted molar refractivity (Wildman–Crippen MR) is 321 cm³/mol. The number of nitrogens with zero attached hydrogens (tertiary/aromatic N) is 6. The zero-order valence-electron chi connectivity index (χ0n) is 42.9. The molecular weight excluding hydrogens is 949 g/mol. The third kappa shape index (κ3) is 7.84. The molecule has 0 radical (unpaired) electrons. The Morgan fingerprint density at radius 1 is 0.308 bits per heavy atom. The van der Waals surface area contributed by atoms with E-state index in [-0.39, 0.29) is 0 Å². The molecule has 0 amide bonds. The molecule has 366 valence electrons. The highest BCUT2D eigenvalue weighted by molar-refractivity contribution is 6.13. The molecule has 0 unspecified atom stereocenters. The number of benzene rings is 11. The smallest absolute Gasteiger partial charge is 0.166 e. The zero-order valence-corrected chi connectivity index (χ0v) is 42.9. The molecule has 3 aromatic heterocycles. The van der Waals surface area contributed by atoms with Crippen molar-refractivity contribution in [2.24, 2.45) is 0 Å². The molecular formula is C72H48N6. The summed E-state index contributed by atoms with van der Waals surface area (Å²) < 4.78 is 4.81. The summed E-state index contributed by atoms with van der Waals surface area (Å²) in [6.07, 6.45) is 0. The summed E-state index contributed by atoms with van der Waals surface area (Å²) >= 11 is 0. The van der Waals surface area contributed by atoms with Gasteiger partial charge in [-0.3, -0.25) is 0 Å². The van der Waals surface area contributed by atoms with Gasteiger partial charge in [0, 0.05) is 38.2 Å². The molecule has 0 N–H and O–H groups in total. The third-order valence-corrected chi connectivity index (χ3v) is 15.3. The van der Waals surface area contributed by atoms with Crippen molar-refractivity contribution in [2.75, 3.05) is 0 Å². The molecule has 0 saturated carbocycles. The second kappa shape index (κ2) is 19.0. The van der Waals surface area contributed by atoms with Gasteiger partial charge in [-0.05, 0) is 131 Å². The summed E-state index contributed by atoms with van der Waals surface area (Å²) in [6, 6.07) is 92.2. The molecule has 0 aliphatic heterocycles. The second-order valence-electron chi connectivity index (χ2n) is 20.0. The Kier molecular flexibility index (Phi) is 11.2. The van der Waals surface area contributed by atoms with Crippen molar-refractivity contribution in [3.8, 4) is 96.1 Å². The monoisotopic (exact) mass is 996 g/mol. The van der Waals surface area contributed by atoms with E-state index in [1.807, 2.05) is 54.6 Å². The third-order valence-electron chi connectivity index (χ3n) is 15.3. The van der Waals surface area contributed by atoms with Gasteiger partial charge in [0.15, 0.2) is 17.5 Å². The molecule has 14 aromatic rings. The molecule has 0 saturated heterocycles. The highest BCUT2D eigenvalue weighted by atomic mass is 15.1. The van der Waals surface area contributed by atoms with Crippen LogP contribution in [0.2, 0.25) is 0 Å². The SMILES string of the molecule is Cc1ccccc1-c1ccc2c(c1)c1ccccc1n2-c1ccc(-c2cccc(C#N)c2)cc1-c1cccc(-n2c3ccccc3c3cc(-c4ccccc4C)ccc32)c1-c1nc(-c2ccccc2)nc(-c2ccccc2)n1. The van der Waals surface area contributed by atoms with E-state index in [2.05, 4.69) is 229 Å². The first-order chi connectivity index (χ1) is 38.5. The molecule has 0 spiro atoms. The summed E-state index contributed by atoms with van der Waals surface area (Å²) in [6.45, 7) is 4.35. The zero-order chi connectivity index (χ0) is 52.3. The fraction of sp³-hybridized carbons (Fsp3) is 0.0278. The number of hydrogen-bond donors (Lipinski definition) is 0. The summed E-state index contributed by atoms with van der Waals surface area (Å²) in [5, 5.41) is 14.8. The predicted octanol–water partition coefficient (Wildman–Crippen LogP) is 18.2. The maximum absolute atomic E-state index is 10.2. The largest absolute Gasteiger partial charge is 0.309 e. The highest BCUT2D eigenvalue weighted by Gasteiger charge is 2.26. The van der Waals surface area contributed by atoms with Crippen LogP contribution in [0.25, 0.3) is 134 Å². The van der Waals surface area contributed by atoms with Crippen LogP contribution in [0.3, 0.4) is 0 Å². The van der Waals surface area contributed by atoms with E-state index in [1.54, 1.807) is 0 Å². The first-order valence-corrected chi connectivity index (χ1v) is 26.3. The van der Waals surface area contributed by atoms with Crippen LogP contribution < -0.4 is 0 Å². The summed E-state index contributed by atoms with van der Waals surface area (Å²) in [7, 11) is 0. The van der Waals surface area contributed by atoms with E-state index in [9.17, 15) is 5.26 Å². The Morgan fingerprint density at radius 3 is 1.33 bits per heavy atom. The molecule has 14 rings (SSSR count). The van der Waals surface area contributed by atoms with Crippen LogP contribution in [-0.2, 0) is 0 Å². The molecule has 0 aliphatic carbocycles. The van der Waals surface area contributed by atoms with Crippen LogP contribution in [0.5, 0.6) is 0 Å². The van der Waals surface area contributed by atoms with Crippen LogP contribution in [-0.4, -0.2) is 24.1 Å². The lowest BCUT2D eigenvalue weighted by molar-refractivity contribution is 1.06. The van der Waals surface area contributed by atoms with Gasteiger partial charge in [-0.1, -0.05) is 188 Å². The summed E-state index contributed by atoms with van der Waals surface area (Å²) in [5.74, 6) is 1.67. The Bertz CT molecular complexity index is 4650. The molecule has 3 heterocycles. The molecule has 0 aliphatic rings. The van der Waals surface area contributed by atoms with E-state index in [0.717, 1.165) is 99.5 Å². The van der Waals surface area contributed by atoms with Gasteiger partial charge in [0.25, 0.3) is 0 Å². The van der Waals surface area contributed by atoms with E-state index >= 15 is 0 Å². The van der Waals surface area contributed by atoms with Crippen molar-refractivity contribution >= 4 is 43.6 Å².